The highest BCUT2D eigenvalue weighted by molar-refractivity contribution is 5.75. The van der Waals surface area contributed by atoms with E-state index >= 15 is 0 Å². The second-order valence-electron chi connectivity index (χ2n) is 3.81. The summed E-state index contributed by atoms with van der Waals surface area (Å²) in [7, 11) is 0. The zero-order chi connectivity index (χ0) is 11.9. The largest absolute Gasteiger partial charge is 0.423 e. The lowest BCUT2D eigenvalue weighted by atomic mass is 10.3. The first kappa shape index (κ1) is 9.29. The van der Waals surface area contributed by atoms with E-state index in [-0.39, 0.29) is 0 Å². The molecule has 4 rings (SSSR count). The molecular weight excluding hydrogens is 230 g/mol. The molecule has 0 aliphatic heterocycles. The van der Waals surface area contributed by atoms with E-state index in [9.17, 15) is 0 Å². The minimum absolute atomic E-state index is 0.456. The zero-order valence-corrected chi connectivity index (χ0v) is 9.19. The maximum Gasteiger partial charge on any atom is 0.309 e. The van der Waals surface area contributed by atoms with E-state index in [1.807, 2.05) is 24.3 Å². The van der Waals surface area contributed by atoms with Gasteiger partial charge in [-0.3, -0.25) is 0 Å². The fourth-order valence-corrected chi connectivity index (χ4v) is 1.87. The molecule has 0 amide bonds. The summed E-state index contributed by atoms with van der Waals surface area (Å²) in [6.07, 6.45) is 4.76. The van der Waals surface area contributed by atoms with Crippen molar-refractivity contribution in [3.8, 4) is 6.01 Å². The van der Waals surface area contributed by atoms with Crippen molar-refractivity contribution in [2.75, 3.05) is 0 Å². The molecule has 18 heavy (non-hydrogen) atoms. The maximum atomic E-state index is 5.67. The van der Waals surface area contributed by atoms with Crippen molar-refractivity contribution in [2.24, 2.45) is 0 Å². The van der Waals surface area contributed by atoms with Crippen molar-refractivity contribution in [1.29, 1.82) is 0 Å². The summed E-state index contributed by atoms with van der Waals surface area (Å²) < 4.78 is 7.38. The number of hydrogen-bond donors (Lipinski definition) is 0. The Kier molecular flexibility index (Phi) is 1.74. The molecule has 0 spiro atoms. The second kappa shape index (κ2) is 3.36. The molecule has 86 valence electrons. The summed E-state index contributed by atoms with van der Waals surface area (Å²) >= 11 is 0. The summed E-state index contributed by atoms with van der Waals surface area (Å²) in [6, 6.07) is 8.06. The topological polar surface area (TPSA) is 69.6 Å². The third-order valence-electron chi connectivity index (χ3n) is 2.70. The minimum Gasteiger partial charge on any atom is -0.423 e. The molecule has 6 heteroatoms. The van der Waals surface area contributed by atoms with Gasteiger partial charge in [0.1, 0.15) is 23.7 Å². The van der Waals surface area contributed by atoms with Gasteiger partial charge in [-0.25, -0.2) is 19.5 Å². The van der Waals surface area contributed by atoms with Crippen molar-refractivity contribution in [3.63, 3.8) is 0 Å². The Morgan fingerprint density at radius 2 is 2.00 bits per heavy atom. The number of oxazole rings is 1. The van der Waals surface area contributed by atoms with Crippen LogP contribution in [-0.4, -0.2) is 24.5 Å². The number of fused-ring (bicyclic) bond motifs is 2. The Hall–Kier alpha value is -2.76. The zero-order valence-electron chi connectivity index (χ0n) is 9.19. The van der Waals surface area contributed by atoms with Crippen LogP contribution in [0.4, 0.5) is 0 Å². The molecule has 0 aliphatic carbocycles. The number of imidazole rings is 1. The number of rotatable bonds is 1. The van der Waals surface area contributed by atoms with Crippen LogP contribution in [0.25, 0.3) is 28.3 Å². The third-order valence-corrected chi connectivity index (χ3v) is 2.70. The van der Waals surface area contributed by atoms with Crippen LogP contribution in [0.15, 0.2) is 47.5 Å². The van der Waals surface area contributed by atoms with Gasteiger partial charge in [0.25, 0.3) is 0 Å². The van der Waals surface area contributed by atoms with Crippen molar-refractivity contribution < 1.29 is 4.42 Å². The first-order valence-corrected chi connectivity index (χ1v) is 5.41. The quantitative estimate of drug-likeness (QED) is 0.506. The number of para-hydroxylation sites is 2. The van der Waals surface area contributed by atoms with E-state index in [1.165, 1.54) is 6.33 Å². The van der Waals surface area contributed by atoms with Crippen molar-refractivity contribution in [3.05, 3.63) is 43.1 Å². The molecule has 0 saturated carbocycles. The normalized spacial score (nSPS) is 11.3. The fraction of sp³-hybridized carbons (Fsp3) is 0. The number of hydrogen-bond acceptors (Lipinski definition) is 5. The summed E-state index contributed by atoms with van der Waals surface area (Å²) in [5.41, 5.74) is 2.93. The van der Waals surface area contributed by atoms with Crippen LogP contribution in [0.2, 0.25) is 0 Å². The third kappa shape index (κ3) is 1.22. The highest BCUT2D eigenvalue weighted by Crippen LogP contribution is 2.20. The van der Waals surface area contributed by atoms with Crippen LogP contribution < -0.4 is 0 Å². The van der Waals surface area contributed by atoms with Gasteiger partial charge in [-0.1, -0.05) is 12.1 Å². The Balaban J connectivity index is 2.01. The average Bonchev–Trinajstić information content (AvgIpc) is 3.02. The molecule has 0 saturated heterocycles. The highest BCUT2D eigenvalue weighted by atomic mass is 16.4. The van der Waals surface area contributed by atoms with Gasteiger partial charge in [-0.2, -0.15) is 4.98 Å². The summed E-state index contributed by atoms with van der Waals surface area (Å²) in [5.74, 6) is 0. The number of benzene rings is 1. The molecule has 0 bridgehead atoms. The molecule has 1 aromatic carbocycles. The smallest absolute Gasteiger partial charge is 0.309 e. The van der Waals surface area contributed by atoms with Gasteiger partial charge in [-0.15, -0.1) is 0 Å². The van der Waals surface area contributed by atoms with Crippen molar-refractivity contribution >= 4 is 22.3 Å². The molecule has 0 fully saturated rings. The monoisotopic (exact) mass is 237 g/mol. The average molecular weight is 237 g/mol. The van der Waals surface area contributed by atoms with Crippen LogP contribution >= 0.6 is 0 Å². The second-order valence-corrected chi connectivity index (χ2v) is 3.81. The molecule has 6 nitrogen and oxygen atoms in total. The van der Waals surface area contributed by atoms with Gasteiger partial charge < -0.3 is 4.42 Å². The molecule has 0 unspecified atom stereocenters. The van der Waals surface area contributed by atoms with E-state index in [0.717, 1.165) is 11.1 Å². The summed E-state index contributed by atoms with van der Waals surface area (Å²) in [6.45, 7) is 0. The minimum atomic E-state index is 0.456. The summed E-state index contributed by atoms with van der Waals surface area (Å²) in [5, 5.41) is 0. The Bertz CT molecular complexity index is 815. The molecule has 0 atom stereocenters. The lowest BCUT2D eigenvalue weighted by molar-refractivity contribution is 0.567. The van der Waals surface area contributed by atoms with E-state index in [0.29, 0.717) is 17.2 Å². The van der Waals surface area contributed by atoms with Crippen molar-refractivity contribution in [2.45, 2.75) is 0 Å². The van der Waals surface area contributed by atoms with Crippen LogP contribution in [0, 0.1) is 0 Å². The van der Waals surface area contributed by atoms with E-state index in [2.05, 4.69) is 19.9 Å². The number of nitrogens with zero attached hydrogens (tertiary/aromatic N) is 5. The van der Waals surface area contributed by atoms with Crippen molar-refractivity contribution in [1.82, 2.24) is 24.5 Å². The predicted molar refractivity (Wildman–Crippen MR) is 64.2 cm³/mol. The van der Waals surface area contributed by atoms with Crippen LogP contribution in [0.3, 0.4) is 0 Å². The molecule has 0 aliphatic rings. The Morgan fingerprint density at radius 1 is 1.06 bits per heavy atom. The molecule has 0 N–H and O–H groups in total. The standard InChI is InChI=1S/C12H7N5O/c1-2-4-10-8(3-1)16-12(18-10)17-7-15-9-5-13-6-14-11(9)17/h1-7H. The lowest BCUT2D eigenvalue weighted by Crippen LogP contribution is -1.93. The fourth-order valence-electron chi connectivity index (χ4n) is 1.87. The maximum absolute atomic E-state index is 5.67. The van der Waals surface area contributed by atoms with E-state index in [1.54, 1.807) is 17.1 Å². The first-order valence-electron chi connectivity index (χ1n) is 5.41. The number of aromatic nitrogens is 5. The highest BCUT2D eigenvalue weighted by Gasteiger charge is 2.11. The van der Waals surface area contributed by atoms with Crippen LogP contribution in [0.5, 0.6) is 0 Å². The van der Waals surface area contributed by atoms with Gasteiger partial charge in [0.2, 0.25) is 0 Å². The SMILES string of the molecule is c1ccc2oc(-n3cnc4cncnc43)nc2c1. The molecular formula is C12H7N5O. The van der Waals surface area contributed by atoms with Gasteiger partial charge >= 0.3 is 6.01 Å². The molecule has 0 radical (unpaired) electrons. The molecule has 4 aromatic rings. The predicted octanol–water partition coefficient (Wildman–Crippen LogP) is 1.96. The van der Waals surface area contributed by atoms with Gasteiger partial charge in [-0.05, 0) is 12.1 Å². The van der Waals surface area contributed by atoms with Gasteiger partial charge in [0.05, 0.1) is 6.20 Å². The van der Waals surface area contributed by atoms with Gasteiger partial charge in [0, 0.05) is 0 Å². The van der Waals surface area contributed by atoms with Crippen LogP contribution in [-0.2, 0) is 0 Å². The molecule has 3 aromatic heterocycles. The van der Waals surface area contributed by atoms with E-state index in [4.69, 9.17) is 4.42 Å². The Labute approximate surface area is 101 Å². The van der Waals surface area contributed by atoms with Crippen LogP contribution in [0.1, 0.15) is 0 Å². The van der Waals surface area contributed by atoms with Gasteiger partial charge in [0.15, 0.2) is 11.2 Å². The first-order chi connectivity index (χ1) is 8.92. The summed E-state index contributed by atoms with van der Waals surface area (Å²) in [4.78, 5) is 16.7. The van der Waals surface area contributed by atoms with E-state index < -0.39 is 0 Å². The molecule has 3 heterocycles. The lowest BCUT2D eigenvalue weighted by Gasteiger charge is -1.94. The Morgan fingerprint density at radius 3 is 2.94 bits per heavy atom.